The first kappa shape index (κ1) is 29.5. The maximum absolute atomic E-state index is 14.6. The van der Waals surface area contributed by atoms with Gasteiger partial charge in [0, 0.05) is 27.4 Å². The first-order valence-electron chi connectivity index (χ1n) is 13.7. The number of aliphatic hydroxyl groups is 1. The van der Waals surface area contributed by atoms with E-state index in [1.54, 1.807) is 110 Å². The molecule has 4 aromatic rings. The van der Waals surface area contributed by atoms with Crippen LogP contribution in [0, 0.1) is 22.7 Å². The van der Waals surface area contributed by atoms with Crippen molar-refractivity contribution >= 4 is 35.0 Å². The molecule has 1 aliphatic carbocycles. The Morgan fingerprint density at radius 3 is 1.90 bits per heavy atom. The number of nitrogens with zero attached hydrogens (tertiary/aromatic N) is 1. The van der Waals surface area contributed by atoms with Crippen LogP contribution in [0.3, 0.4) is 0 Å². The molecular weight excluding hydrogens is 569 g/mol. The fourth-order valence-corrected chi connectivity index (χ4v) is 6.70. The van der Waals surface area contributed by atoms with Gasteiger partial charge in [-0.2, -0.15) is 5.26 Å². The summed E-state index contributed by atoms with van der Waals surface area (Å²) in [4.78, 5) is 28.9. The van der Waals surface area contributed by atoms with Crippen LogP contribution in [0.5, 0.6) is 0 Å². The minimum absolute atomic E-state index is 0.0309. The third-order valence-electron chi connectivity index (χ3n) is 8.32. The normalized spacial score (nSPS) is 25.3. The third-order valence-corrected chi connectivity index (χ3v) is 8.82. The fourth-order valence-electron chi connectivity index (χ4n) is 6.44. The Morgan fingerprint density at radius 1 is 0.857 bits per heavy atom. The SMILES string of the molecule is CCOC(=O)[C@]1(C#N)[C@H](c2ccc(Cl)cc2)C[C@](O)(c2ccccc2)[C@@H](C(=O)c2ccccc2)[C@@H]1c1ccc(Cl)cc1. The number of ketones is 1. The number of esters is 1. The largest absolute Gasteiger partial charge is 0.465 e. The number of carbonyl (C=O) groups excluding carboxylic acids is 2. The molecule has 0 aliphatic heterocycles. The van der Waals surface area contributed by atoms with Gasteiger partial charge in [-0.25, -0.2) is 0 Å². The van der Waals surface area contributed by atoms with Crippen molar-refractivity contribution < 1.29 is 19.4 Å². The molecule has 0 amide bonds. The van der Waals surface area contributed by atoms with E-state index in [-0.39, 0.29) is 18.8 Å². The van der Waals surface area contributed by atoms with Crippen LogP contribution >= 0.6 is 23.2 Å². The van der Waals surface area contributed by atoms with Crippen molar-refractivity contribution in [1.82, 2.24) is 0 Å². The number of halogens is 2. The van der Waals surface area contributed by atoms with E-state index in [4.69, 9.17) is 27.9 Å². The lowest BCUT2D eigenvalue weighted by Gasteiger charge is -2.54. The van der Waals surface area contributed by atoms with Gasteiger partial charge in [-0.3, -0.25) is 9.59 Å². The molecule has 1 N–H and O–H groups in total. The van der Waals surface area contributed by atoms with Gasteiger partial charge in [-0.1, -0.05) is 108 Å². The Bertz CT molecular complexity index is 1600. The summed E-state index contributed by atoms with van der Waals surface area (Å²) in [5, 5.41) is 25.0. The van der Waals surface area contributed by atoms with E-state index < -0.39 is 34.7 Å². The lowest BCUT2D eigenvalue weighted by molar-refractivity contribution is -0.164. The van der Waals surface area contributed by atoms with Gasteiger partial charge in [0.2, 0.25) is 0 Å². The standard InChI is InChI=1S/C35H29Cl2NO4/c1-2-42-33(40)34(22-38)29(23-13-17-27(36)18-14-23)21-35(41,26-11-7-4-8-12-26)31(32(39)25-9-5-3-6-10-25)30(34)24-15-19-28(37)20-16-24/h3-20,29-31,41H,2,21H2,1H3/t29-,30-,31+,34+,35-/m0/s1. The summed E-state index contributed by atoms with van der Waals surface area (Å²) in [5.41, 5.74) is -1.68. The summed E-state index contributed by atoms with van der Waals surface area (Å²) >= 11 is 12.5. The minimum Gasteiger partial charge on any atom is -0.465 e. The number of nitriles is 1. The van der Waals surface area contributed by atoms with Gasteiger partial charge in [-0.15, -0.1) is 0 Å². The Morgan fingerprint density at radius 2 is 1.38 bits per heavy atom. The van der Waals surface area contributed by atoms with E-state index in [1.165, 1.54) is 0 Å². The lowest BCUT2D eigenvalue weighted by atomic mass is 9.47. The quantitative estimate of drug-likeness (QED) is 0.174. The maximum Gasteiger partial charge on any atom is 0.327 e. The van der Waals surface area contributed by atoms with Gasteiger partial charge in [0.25, 0.3) is 0 Å². The van der Waals surface area contributed by atoms with Crippen molar-refractivity contribution in [2.75, 3.05) is 6.61 Å². The molecule has 0 heterocycles. The smallest absolute Gasteiger partial charge is 0.327 e. The van der Waals surface area contributed by atoms with Crippen LogP contribution < -0.4 is 0 Å². The molecule has 0 saturated heterocycles. The molecule has 212 valence electrons. The molecule has 1 aliphatic rings. The molecule has 0 unspecified atom stereocenters. The van der Waals surface area contributed by atoms with Crippen molar-refractivity contribution in [3.8, 4) is 6.07 Å². The number of rotatable bonds is 7. The highest BCUT2D eigenvalue weighted by atomic mass is 35.5. The molecule has 0 aromatic heterocycles. The molecule has 4 aromatic carbocycles. The van der Waals surface area contributed by atoms with Gasteiger partial charge < -0.3 is 9.84 Å². The molecule has 1 saturated carbocycles. The van der Waals surface area contributed by atoms with Crippen LogP contribution in [-0.4, -0.2) is 23.5 Å². The highest BCUT2D eigenvalue weighted by molar-refractivity contribution is 6.30. The lowest BCUT2D eigenvalue weighted by Crippen LogP contribution is -2.59. The molecule has 0 spiro atoms. The zero-order chi connectivity index (χ0) is 29.9. The van der Waals surface area contributed by atoms with Crippen molar-refractivity contribution in [2.45, 2.75) is 30.8 Å². The second-order valence-corrected chi connectivity index (χ2v) is 11.4. The molecule has 5 nitrogen and oxygen atoms in total. The van der Waals surface area contributed by atoms with Crippen LogP contribution in [0.1, 0.15) is 52.2 Å². The van der Waals surface area contributed by atoms with Crippen molar-refractivity contribution in [1.29, 1.82) is 5.26 Å². The van der Waals surface area contributed by atoms with E-state index in [0.717, 1.165) is 0 Å². The van der Waals surface area contributed by atoms with Crippen molar-refractivity contribution in [3.63, 3.8) is 0 Å². The predicted octanol–water partition coefficient (Wildman–Crippen LogP) is 7.72. The zero-order valence-corrected chi connectivity index (χ0v) is 24.4. The molecule has 5 atom stereocenters. The molecule has 0 radical (unpaired) electrons. The van der Waals surface area contributed by atoms with E-state index in [9.17, 15) is 20.0 Å². The Balaban J connectivity index is 1.89. The average Bonchev–Trinajstić information content (AvgIpc) is 3.02. The van der Waals surface area contributed by atoms with Crippen molar-refractivity contribution in [3.05, 3.63) is 141 Å². The summed E-state index contributed by atoms with van der Waals surface area (Å²) in [6.45, 7) is 1.70. The molecule has 7 heteroatoms. The summed E-state index contributed by atoms with van der Waals surface area (Å²) in [7, 11) is 0. The topological polar surface area (TPSA) is 87.4 Å². The van der Waals surface area contributed by atoms with Gasteiger partial charge in [0.1, 0.15) is 5.60 Å². The fraction of sp³-hybridized carbons (Fsp3) is 0.229. The predicted molar refractivity (Wildman–Crippen MR) is 162 cm³/mol. The second-order valence-electron chi connectivity index (χ2n) is 10.5. The second kappa shape index (κ2) is 12.1. The Hall–Kier alpha value is -3.95. The van der Waals surface area contributed by atoms with E-state index >= 15 is 0 Å². The Kier molecular flexibility index (Phi) is 8.52. The van der Waals surface area contributed by atoms with E-state index in [0.29, 0.717) is 32.3 Å². The number of hydrogen-bond donors (Lipinski definition) is 1. The van der Waals surface area contributed by atoms with E-state index in [1.807, 2.05) is 6.07 Å². The number of carbonyl (C=O) groups is 2. The highest BCUT2D eigenvalue weighted by Gasteiger charge is 2.67. The highest BCUT2D eigenvalue weighted by Crippen LogP contribution is 2.63. The number of hydrogen-bond acceptors (Lipinski definition) is 5. The van der Waals surface area contributed by atoms with Gasteiger partial charge in [0.05, 0.1) is 18.6 Å². The van der Waals surface area contributed by atoms with Crippen LogP contribution in [-0.2, 0) is 15.1 Å². The van der Waals surface area contributed by atoms with Crippen LogP contribution in [0.15, 0.2) is 109 Å². The Labute approximate surface area is 255 Å². The first-order valence-corrected chi connectivity index (χ1v) is 14.5. The molecule has 1 fully saturated rings. The summed E-state index contributed by atoms with van der Waals surface area (Å²) < 4.78 is 5.63. The van der Waals surface area contributed by atoms with Crippen LogP contribution in [0.2, 0.25) is 10.0 Å². The van der Waals surface area contributed by atoms with Gasteiger partial charge >= 0.3 is 5.97 Å². The molecular formula is C35H29Cl2NO4. The monoisotopic (exact) mass is 597 g/mol. The van der Waals surface area contributed by atoms with E-state index in [2.05, 4.69) is 6.07 Å². The summed E-state index contributed by atoms with van der Waals surface area (Å²) in [5.74, 6) is -4.37. The summed E-state index contributed by atoms with van der Waals surface area (Å²) in [6, 6.07) is 33.5. The van der Waals surface area contributed by atoms with Crippen LogP contribution in [0.25, 0.3) is 0 Å². The maximum atomic E-state index is 14.6. The zero-order valence-electron chi connectivity index (χ0n) is 22.9. The number of benzene rings is 4. The van der Waals surface area contributed by atoms with Gasteiger partial charge in [-0.05, 0) is 54.3 Å². The molecule has 5 rings (SSSR count). The number of Topliss-reactive ketones (excluding diaryl/α,β-unsaturated/α-hetero) is 1. The molecule has 42 heavy (non-hydrogen) atoms. The minimum atomic E-state index is -1.90. The first-order chi connectivity index (χ1) is 20.3. The summed E-state index contributed by atoms with van der Waals surface area (Å²) in [6.07, 6.45) is -0.0989. The third kappa shape index (κ3) is 5.12. The van der Waals surface area contributed by atoms with Crippen molar-refractivity contribution in [2.24, 2.45) is 11.3 Å². The average molecular weight is 599 g/mol. The number of ether oxygens (including phenoxy) is 1. The van der Waals surface area contributed by atoms with Gasteiger partial charge in [0.15, 0.2) is 11.2 Å². The van der Waals surface area contributed by atoms with Crippen LogP contribution in [0.4, 0.5) is 0 Å². The molecule has 0 bridgehead atoms.